The van der Waals surface area contributed by atoms with Gasteiger partial charge in [0.2, 0.25) is 0 Å². The highest BCUT2D eigenvalue weighted by Gasteiger charge is 2.32. The first-order valence-electron chi connectivity index (χ1n) is 7.24. The highest BCUT2D eigenvalue weighted by Crippen LogP contribution is 2.40. The Balaban J connectivity index is 2.39. The van der Waals surface area contributed by atoms with Gasteiger partial charge in [-0.15, -0.1) is 0 Å². The van der Waals surface area contributed by atoms with Gasteiger partial charge in [-0.1, -0.05) is 20.8 Å². The molecule has 0 spiro atoms. The van der Waals surface area contributed by atoms with Gasteiger partial charge in [-0.25, -0.2) is 0 Å². The van der Waals surface area contributed by atoms with Crippen molar-refractivity contribution in [3.05, 3.63) is 0 Å². The van der Waals surface area contributed by atoms with Crippen molar-refractivity contribution in [1.82, 2.24) is 5.32 Å². The maximum Gasteiger partial charge on any atom is 0.0622 e. The molecule has 0 radical (unpaired) electrons. The van der Waals surface area contributed by atoms with Crippen molar-refractivity contribution < 1.29 is 4.74 Å². The third kappa shape index (κ3) is 4.59. The first-order chi connectivity index (χ1) is 7.99. The van der Waals surface area contributed by atoms with E-state index in [1.165, 1.54) is 25.7 Å². The van der Waals surface area contributed by atoms with E-state index in [1.54, 1.807) is 0 Å². The first-order valence-corrected chi connectivity index (χ1v) is 7.24. The van der Waals surface area contributed by atoms with E-state index in [-0.39, 0.29) is 0 Å². The van der Waals surface area contributed by atoms with Crippen molar-refractivity contribution in [2.45, 2.75) is 59.4 Å². The summed E-state index contributed by atoms with van der Waals surface area (Å²) in [6.45, 7) is 10.9. The van der Waals surface area contributed by atoms with Crippen LogP contribution in [0.5, 0.6) is 0 Å². The van der Waals surface area contributed by atoms with E-state index in [0.717, 1.165) is 25.0 Å². The van der Waals surface area contributed by atoms with Gasteiger partial charge in [-0.3, -0.25) is 0 Å². The van der Waals surface area contributed by atoms with Crippen molar-refractivity contribution in [2.24, 2.45) is 17.3 Å². The van der Waals surface area contributed by atoms with Crippen LogP contribution in [-0.2, 0) is 4.74 Å². The zero-order chi connectivity index (χ0) is 12.9. The van der Waals surface area contributed by atoms with Gasteiger partial charge < -0.3 is 10.1 Å². The lowest BCUT2D eigenvalue weighted by atomic mass is 9.68. The molecule has 17 heavy (non-hydrogen) atoms. The van der Waals surface area contributed by atoms with Gasteiger partial charge in [-0.2, -0.15) is 0 Å². The van der Waals surface area contributed by atoms with Crippen LogP contribution >= 0.6 is 0 Å². The maximum absolute atomic E-state index is 5.57. The Kier molecular flexibility index (Phi) is 5.94. The number of ether oxygens (including phenoxy) is 1. The second-order valence-electron chi connectivity index (χ2n) is 6.53. The van der Waals surface area contributed by atoms with E-state index < -0.39 is 0 Å². The summed E-state index contributed by atoms with van der Waals surface area (Å²) in [5.41, 5.74) is 0.486. The molecule has 1 rings (SSSR count). The molecular formula is C15H31NO. The summed E-state index contributed by atoms with van der Waals surface area (Å²) in [5, 5.41) is 3.44. The van der Waals surface area contributed by atoms with E-state index in [0.29, 0.717) is 11.5 Å². The molecule has 1 atom stereocenters. The molecule has 0 aliphatic heterocycles. The number of hydrogen-bond donors (Lipinski definition) is 1. The lowest BCUT2D eigenvalue weighted by Gasteiger charge is -2.39. The normalized spacial score (nSPS) is 28.1. The van der Waals surface area contributed by atoms with Crippen LogP contribution < -0.4 is 5.32 Å². The Morgan fingerprint density at radius 1 is 1.18 bits per heavy atom. The minimum Gasteiger partial charge on any atom is -0.380 e. The van der Waals surface area contributed by atoms with Crippen LogP contribution in [0.1, 0.15) is 53.4 Å². The SMILES string of the molecule is CCOCC(NC)C1CCC(C(C)(C)C)CC1. The van der Waals surface area contributed by atoms with Gasteiger partial charge in [0.15, 0.2) is 0 Å². The summed E-state index contributed by atoms with van der Waals surface area (Å²) in [4.78, 5) is 0. The average molecular weight is 241 g/mol. The Bertz CT molecular complexity index is 201. The molecule has 0 heterocycles. The fraction of sp³-hybridized carbons (Fsp3) is 1.00. The van der Waals surface area contributed by atoms with Crippen molar-refractivity contribution in [3.8, 4) is 0 Å². The molecule has 0 aromatic carbocycles. The van der Waals surface area contributed by atoms with Gasteiger partial charge in [0.05, 0.1) is 6.61 Å². The number of hydrogen-bond acceptors (Lipinski definition) is 2. The molecule has 1 N–H and O–H groups in total. The quantitative estimate of drug-likeness (QED) is 0.796. The van der Waals surface area contributed by atoms with Crippen molar-refractivity contribution >= 4 is 0 Å². The molecule has 0 aromatic heterocycles. The molecule has 1 aliphatic carbocycles. The summed E-state index contributed by atoms with van der Waals surface area (Å²) >= 11 is 0. The molecule has 1 aliphatic rings. The number of nitrogens with one attached hydrogen (secondary N) is 1. The van der Waals surface area contributed by atoms with Gasteiger partial charge in [0.1, 0.15) is 0 Å². The zero-order valence-corrected chi connectivity index (χ0v) is 12.4. The second-order valence-corrected chi connectivity index (χ2v) is 6.53. The van der Waals surface area contributed by atoms with E-state index in [1.807, 2.05) is 0 Å². The molecule has 0 bridgehead atoms. The molecule has 0 amide bonds. The maximum atomic E-state index is 5.57. The second kappa shape index (κ2) is 6.75. The summed E-state index contributed by atoms with van der Waals surface area (Å²) in [7, 11) is 2.07. The van der Waals surface area contributed by atoms with Crippen LogP contribution in [0.4, 0.5) is 0 Å². The Morgan fingerprint density at radius 3 is 2.18 bits per heavy atom. The summed E-state index contributed by atoms with van der Waals surface area (Å²) in [5.74, 6) is 1.72. The van der Waals surface area contributed by atoms with E-state index in [9.17, 15) is 0 Å². The molecule has 1 saturated carbocycles. The monoisotopic (exact) mass is 241 g/mol. The van der Waals surface area contributed by atoms with Crippen molar-refractivity contribution in [2.75, 3.05) is 20.3 Å². The number of rotatable bonds is 5. The van der Waals surface area contributed by atoms with Crippen LogP contribution in [0.25, 0.3) is 0 Å². The van der Waals surface area contributed by atoms with Gasteiger partial charge >= 0.3 is 0 Å². The number of likely N-dealkylation sites (N-methyl/N-ethyl adjacent to an activating group) is 1. The molecular weight excluding hydrogens is 210 g/mol. The van der Waals surface area contributed by atoms with Crippen LogP contribution in [0.3, 0.4) is 0 Å². The highest BCUT2D eigenvalue weighted by atomic mass is 16.5. The topological polar surface area (TPSA) is 21.3 Å². The van der Waals surface area contributed by atoms with Gasteiger partial charge in [0, 0.05) is 12.6 Å². The molecule has 1 fully saturated rings. The lowest BCUT2D eigenvalue weighted by Crippen LogP contribution is -2.40. The third-order valence-electron chi connectivity index (χ3n) is 4.44. The van der Waals surface area contributed by atoms with Gasteiger partial charge in [0.25, 0.3) is 0 Å². The average Bonchev–Trinajstić information content (AvgIpc) is 2.29. The smallest absolute Gasteiger partial charge is 0.0622 e. The van der Waals surface area contributed by atoms with E-state index in [4.69, 9.17) is 4.74 Å². The molecule has 2 nitrogen and oxygen atoms in total. The van der Waals surface area contributed by atoms with Crippen LogP contribution in [0.2, 0.25) is 0 Å². The van der Waals surface area contributed by atoms with Crippen LogP contribution in [0.15, 0.2) is 0 Å². The van der Waals surface area contributed by atoms with E-state index >= 15 is 0 Å². The summed E-state index contributed by atoms with van der Waals surface area (Å²) in [6.07, 6.45) is 5.50. The largest absolute Gasteiger partial charge is 0.380 e. The Morgan fingerprint density at radius 2 is 1.76 bits per heavy atom. The lowest BCUT2D eigenvalue weighted by molar-refractivity contribution is 0.0764. The minimum absolute atomic E-state index is 0.486. The van der Waals surface area contributed by atoms with Gasteiger partial charge in [-0.05, 0) is 56.9 Å². The third-order valence-corrected chi connectivity index (χ3v) is 4.44. The van der Waals surface area contributed by atoms with Crippen LogP contribution in [0, 0.1) is 17.3 Å². The predicted molar refractivity (Wildman–Crippen MR) is 74.2 cm³/mol. The van der Waals surface area contributed by atoms with Crippen LogP contribution in [-0.4, -0.2) is 26.3 Å². The molecule has 102 valence electrons. The standard InChI is InChI=1S/C15H31NO/c1-6-17-11-14(16-5)12-7-9-13(10-8-12)15(2,3)4/h12-14,16H,6-11H2,1-5H3. The fourth-order valence-corrected chi connectivity index (χ4v) is 3.09. The summed E-state index contributed by atoms with van der Waals surface area (Å²) in [6, 6.07) is 0.552. The van der Waals surface area contributed by atoms with E-state index in [2.05, 4.69) is 40.1 Å². The Hall–Kier alpha value is -0.0800. The highest BCUT2D eigenvalue weighted by molar-refractivity contribution is 4.85. The zero-order valence-electron chi connectivity index (χ0n) is 12.4. The minimum atomic E-state index is 0.486. The predicted octanol–water partition coefficient (Wildman–Crippen LogP) is 3.46. The fourth-order valence-electron chi connectivity index (χ4n) is 3.09. The molecule has 1 unspecified atom stereocenters. The van der Waals surface area contributed by atoms with Crippen molar-refractivity contribution in [1.29, 1.82) is 0 Å². The molecule has 0 saturated heterocycles. The molecule has 2 heteroatoms. The van der Waals surface area contributed by atoms with Crippen molar-refractivity contribution in [3.63, 3.8) is 0 Å². The summed E-state index contributed by atoms with van der Waals surface area (Å²) < 4.78 is 5.57. The molecule has 0 aromatic rings. The Labute approximate surface area is 108 Å². The first kappa shape index (κ1) is 15.0.